The van der Waals surface area contributed by atoms with E-state index in [1.54, 1.807) is 17.4 Å². The first-order valence-corrected chi connectivity index (χ1v) is 4.03. The van der Waals surface area contributed by atoms with E-state index < -0.39 is 0 Å². The Hall–Kier alpha value is -1.16. The molecule has 2 heterocycles. The van der Waals surface area contributed by atoms with Crippen LogP contribution in [0.4, 0.5) is 0 Å². The van der Waals surface area contributed by atoms with Crippen LogP contribution < -0.4 is 4.73 Å². The lowest BCUT2D eigenvalue weighted by atomic mass is 10.4. The summed E-state index contributed by atoms with van der Waals surface area (Å²) < 4.78 is 1.83. The third-order valence-corrected chi connectivity index (χ3v) is 2.36. The molecule has 0 radical (unpaired) electrons. The summed E-state index contributed by atoms with van der Waals surface area (Å²) in [5, 5.41) is 11.8. The van der Waals surface area contributed by atoms with Crippen LogP contribution in [0, 0.1) is 12.1 Å². The molecule has 0 saturated carbocycles. The molecule has 11 heavy (non-hydrogen) atoms. The number of aromatic nitrogens is 2. The van der Waals surface area contributed by atoms with Gasteiger partial charge in [0.1, 0.15) is 5.52 Å². The fourth-order valence-corrected chi connectivity index (χ4v) is 1.77. The Balaban J connectivity index is 2.82. The molecular weight excluding hydrogens is 160 g/mol. The van der Waals surface area contributed by atoms with Crippen LogP contribution >= 0.6 is 11.3 Å². The minimum Gasteiger partial charge on any atom is -0.619 e. The van der Waals surface area contributed by atoms with Crippen molar-refractivity contribution < 1.29 is 4.73 Å². The standard InChI is InChI=1S/C7H6N2OS/c1-5-8-6-4-9(10)3-2-7(6)11-5/h2-4H,1H3. The van der Waals surface area contributed by atoms with E-state index in [9.17, 15) is 5.21 Å². The molecule has 56 valence electrons. The third-order valence-electron chi connectivity index (χ3n) is 1.41. The molecule has 0 fully saturated rings. The zero-order valence-electron chi connectivity index (χ0n) is 5.94. The predicted octanol–water partition coefficient (Wildman–Crippen LogP) is 1.24. The zero-order valence-corrected chi connectivity index (χ0v) is 6.76. The summed E-state index contributed by atoms with van der Waals surface area (Å²) in [5.74, 6) is 0. The van der Waals surface area contributed by atoms with Crippen LogP contribution in [-0.2, 0) is 0 Å². The summed E-state index contributed by atoms with van der Waals surface area (Å²) in [6.07, 6.45) is 2.97. The first kappa shape index (κ1) is 6.54. The number of thiazole rings is 1. The Kier molecular flexibility index (Phi) is 1.29. The summed E-state index contributed by atoms with van der Waals surface area (Å²) in [4.78, 5) is 4.17. The van der Waals surface area contributed by atoms with Crippen LogP contribution in [0.2, 0.25) is 0 Å². The lowest BCUT2D eigenvalue weighted by Crippen LogP contribution is -2.23. The van der Waals surface area contributed by atoms with Gasteiger partial charge in [0.05, 0.1) is 9.71 Å². The monoisotopic (exact) mass is 166 g/mol. The molecule has 0 aliphatic heterocycles. The van der Waals surface area contributed by atoms with Crippen molar-refractivity contribution in [1.29, 1.82) is 0 Å². The average Bonchev–Trinajstić information content (AvgIpc) is 2.27. The number of nitrogens with zero attached hydrogens (tertiary/aromatic N) is 2. The van der Waals surface area contributed by atoms with Crippen molar-refractivity contribution in [2.24, 2.45) is 0 Å². The first-order chi connectivity index (χ1) is 5.25. The molecule has 0 bridgehead atoms. The summed E-state index contributed by atoms with van der Waals surface area (Å²) >= 11 is 1.60. The van der Waals surface area contributed by atoms with Gasteiger partial charge in [0, 0.05) is 6.07 Å². The molecule has 2 rings (SSSR count). The van der Waals surface area contributed by atoms with E-state index in [4.69, 9.17) is 0 Å². The molecule has 0 aliphatic carbocycles. The highest BCUT2D eigenvalue weighted by Crippen LogP contribution is 2.18. The quantitative estimate of drug-likeness (QED) is 0.436. The molecule has 2 aromatic heterocycles. The molecule has 0 unspecified atom stereocenters. The molecule has 3 nitrogen and oxygen atoms in total. The normalized spacial score (nSPS) is 10.6. The SMILES string of the molecule is Cc1nc2c[n+]([O-])ccc2s1. The van der Waals surface area contributed by atoms with Gasteiger partial charge < -0.3 is 5.21 Å². The number of aryl methyl sites for hydroxylation is 1. The molecule has 0 N–H and O–H groups in total. The van der Waals surface area contributed by atoms with Crippen LogP contribution in [0.5, 0.6) is 0 Å². The molecule has 0 aromatic carbocycles. The van der Waals surface area contributed by atoms with Crippen molar-refractivity contribution >= 4 is 21.6 Å². The van der Waals surface area contributed by atoms with Gasteiger partial charge in [-0.1, -0.05) is 0 Å². The zero-order chi connectivity index (χ0) is 7.84. The maximum Gasteiger partial charge on any atom is 0.207 e. The van der Waals surface area contributed by atoms with Gasteiger partial charge in [-0.2, -0.15) is 4.73 Å². The number of hydrogen-bond acceptors (Lipinski definition) is 3. The predicted molar refractivity (Wildman–Crippen MR) is 43.3 cm³/mol. The number of hydrogen-bond donors (Lipinski definition) is 0. The molecule has 0 saturated heterocycles. The van der Waals surface area contributed by atoms with E-state index in [0.717, 1.165) is 20.0 Å². The topological polar surface area (TPSA) is 39.8 Å². The van der Waals surface area contributed by atoms with Crippen molar-refractivity contribution in [3.63, 3.8) is 0 Å². The third kappa shape index (κ3) is 1.05. The molecular formula is C7H6N2OS. The Morgan fingerprint density at radius 2 is 2.45 bits per heavy atom. The van der Waals surface area contributed by atoms with E-state index in [1.165, 1.54) is 12.4 Å². The van der Waals surface area contributed by atoms with Crippen LogP contribution in [-0.4, -0.2) is 4.98 Å². The number of fused-ring (bicyclic) bond motifs is 1. The van der Waals surface area contributed by atoms with Crippen molar-refractivity contribution in [3.8, 4) is 0 Å². The second-order valence-corrected chi connectivity index (χ2v) is 3.52. The smallest absolute Gasteiger partial charge is 0.207 e. The second-order valence-electron chi connectivity index (χ2n) is 2.29. The molecule has 0 spiro atoms. The van der Waals surface area contributed by atoms with E-state index in [0.29, 0.717) is 0 Å². The summed E-state index contributed by atoms with van der Waals surface area (Å²) in [6, 6.07) is 1.78. The van der Waals surface area contributed by atoms with E-state index >= 15 is 0 Å². The highest BCUT2D eigenvalue weighted by Gasteiger charge is 2.01. The first-order valence-electron chi connectivity index (χ1n) is 3.22. The number of rotatable bonds is 0. The van der Waals surface area contributed by atoms with Crippen LogP contribution in [0.1, 0.15) is 5.01 Å². The Morgan fingerprint density at radius 1 is 1.64 bits per heavy atom. The van der Waals surface area contributed by atoms with Crippen LogP contribution in [0.3, 0.4) is 0 Å². The van der Waals surface area contributed by atoms with Gasteiger partial charge in [-0.05, 0) is 6.92 Å². The maximum atomic E-state index is 10.8. The van der Waals surface area contributed by atoms with Crippen LogP contribution in [0.25, 0.3) is 10.2 Å². The molecule has 0 atom stereocenters. The average molecular weight is 166 g/mol. The van der Waals surface area contributed by atoms with Gasteiger partial charge in [-0.15, -0.1) is 11.3 Å². The lowest BCUT2D eigenvalue weighted by molar-refractivity contribution is -0.603. The Morgan fingerprint density at radius 3 is 3.27 bits per heavy atom. The van der Waals surface area contributed by atoms with Crippen molar-refractivity contribution in [3.05, 3.63) is 28.7 Å². The van der Waals surface area contributed by atoms with Gasteiger partial charge in [0.2, 0.25) is 6.20 Å². The van der Waals surface area contributed by atoms with Gasteiger partial charge >= 0.3 is 0 Å². The van der Waals surface area contributed by atoms with E-state index in [2.05, 4.69) is 4.98 Å². The van der Waals surface area contributed by atoms with E-state index in [1.807, 2.05) is 6.92 Å². The van der Waals surface area contributed by atoms with Gasteiger partial charge in [0.25, 0.3) is 0 Å². The fourth-order valence-electron chi connectivity index (χ4n) is 0.976. The minimum absolute atomic E-state index is 0.765. The minimum atomic E-state index is 0.765. The van der Waals surface area contributed by atoms with E-state index in [-0.39, 0.29) is 0 Å². The molecule has 0 amide bonds. The van der Waals surface area contributed by atoms with Gasteiger partial charge in [-0.25, -0.2) is 4.98 Å². The summed E-state index contributed by atoms with van der Waals surface area (Å²) in [6.45, 7) is 1.93. The maximum absolute atomic E-state index is 10.8. The molecule has 2 aromatic rings. The van der Waals surface area contributed by atoms with Gasteiger partial charge in [0.15, 0.2) is 6.20 Å². The lowest BCUT2D eigenvalue weighted by Gasteiger charge is -1.91. The largest absolute Gasteiger partial charge is 0.619 e. The summed E-state index contributed by atoms with van der Waals surface area (Å²) in [5.41, 5.74) is 0.782. The summed E-state index contributed by atoms with van der Waals surface area (Å²) in [7, 11) is 0. The molecule has 4 heteroatoms. The van der Waals surface area contributed by atoms with Crippen molar-refractivity contribution in [2.75, 3.05) is 0 Å². The highest BCUT2D eigenvalue weighted by atomic mass is 32.1. The van der Waals surface area contributed by atoms with Crippen LogP contribution in [0.15, 0.2) is 18.5 Å². The molecule has 0 aliphatic rings. The number of pyridine rings is 1. The van der Waals surface area contributed by atoms with Crippen molar-refractivity contribution in [2.45, 2.75) is 6.92 Å². The highest BCUT2D eigenvalue weighted by molar-refractivity contribution is 7.18. The fraction of sp³-hybridized carbons (Fsp3) is 0.143. The Bertz CT molecular complexity index is 396. The van der Waals surface area contributed by atoms with Crippen molar-refractivity contribution in [1.82, 2.24) is 4.98 Å². The van der Waals surface area contributed by atoms with Gasteiger partial charge in [-0.3, -0.25) is 0 Å². The Labute approximate surface area is 67.5 Å². The second kappa shape index (κ2) is 2.17.